The zero-order valence-corrected chi connectivity index (χ0v) is 17.3. The monoisotopic (exact) mass is 431 g/mol. The number of rotatable bonds is 3. The number of aryl methyl sites for hydroxylation is 1. The second-order valence-electron chi connectivity index (χ2n) is 7.72. The van der Waals surface area contributed by atoms with Crippen LogP contribution in [-0.4, -0.2) is 78.5 Å². The molecule has 30 heavy (non-hydrogen) atoms. The quantitative estimate of drug-likeness (QED) is 0.769. The van der Waals surface area contributed by atoms with E-state index in [0.29, 0.717) is 6.04 Å². The first-order chi connectivity index (χ1) is 14.0. The van der Waals surface area contributed by atoms with Crippen molar-refractivity contribution in [3.8, 4) is 0 Å². The highest BCUT2D eigenvalue weighted by atomic mass is 19.4. The summed E-state index contributed by atoms with van der Waals surface area (Å²) in [5.41, 5.74) is 2.62. The first-order valence-electron chi connectivity index (χ1n) is 9.68. The van der Waals surface area contributed by atoms with Crippen LogP contribution in [0.3, 0.4) is 0 Å². The summed E-state index contributed by atoms with van der Waals surface area (Å²) in [5, 5.41) is 10.2. The molecule has 10 heteroatoms. The number of hydrogen-bond donors (Lipinski definition) is 2. The Hall–Kier alpha value is -2.33. The summed E-state index contributed by atoms with van der Waals surface area (Å²) < 4.78 is 37.7. The molecule has 2 amide bonds. The zero-order valence-electron chi connectivity index (χ0n) is 17.3. The number of aliphatic carboxylic acids is 1. The molecule has 7 nitrogen and oxygen atoms in total. The Balaban J connectivity index is 0.000000396. The number of nitrogens with zero attached hydrogens (tertiary/aromatic N) is 2. The second kappa shape index (κ2) is 10.1. The van der Waals surface area contributed by atoms with E-state index in [2.05, 4.69) is 41.4 Å². The summed E-state index contributed by atoms with van der Waals surface area (Å²) in [4.78, 5) is 25.0. The molecule has 168 valence electrons. The highest BCUT2D eigenvalue weighted by Gasteiger charge is 2.44. The lowest BCUT2D eigenvalue weighted by atomic mass is 10.0. The molecule has 0 saturated carbocycles. The second-order valence-corrected chi connectivity index (χ2v) is 7.72. The van der Waals surface area contributed by atoms with Crippen molar-refractivity contribution in [2.75, 3.05) is 27.2 Å². The van der Waals surface area contributed by atoms with E-state index in [4.69, 9.17) is 14.6 Å². The number of halogens is 3. The number of alkyl halides is 3. The number of ether oxygens (including phenoxy) is 1. The SMILES string of the molecule is Cc1cccc(CN2C[C@@H](NC(=O)N(C)C)[C@H]3OCCC[C@H]32)c1.O=C(O)C(F)(F)F. The van der Waals surface area contributed by atoms with Crippen LogP contribution in [0.1, 0.15) is 24.0 Å². The normalized spacial score (nSPS) is 23.7. The molecule has 0 radical (unpaired) electrons. The van der Waals surface area contributed by atoms with Crippen molar-refractivity contribution in [3.05, 3.63) is 35.4 Å². The van der Waals surface area contributed by atoms with Gasteiger partial charge in [0.2, 0.25) is 0 Å². The molecule has 0 bridgehead atoms. The number of nitrogens with one attached hydrogen (secondary N) is 1. The van der Waals surface area contributed by atoms with E-state index >= 15 is 0 Å². The van der Waals surface area contributed by atoms with Crippen LogP contribution in [0.4, 0.5) is 18.0 Å². The van der Waals surface area contributed by atoms with Crippen LogP contribution in [-0.2, 0) is 16.1 Å². The molecule has 2 aliphatic rings. The van der Waals surface area contributed by atoms with E-state index in [1.54, 1.807) is 19.0 Å². The molecular weight excluding hydrogens is 403 g/mol. The minimum atomic E-state index is -5.08. The number of carboxylic acids is 1. The molecule has 0 aromatic heterocycles. The van der Waals surface area contributed by atoms with E-state index in [1.165, 1.54) is 11.1 Å². The maximum Gasteiger partial charge on any atom is 0.490 e. The Labute approximate surface area is 173 Å². The number of amides is 2. The fraction of sp³-hybridized carbons (Fsp3) is 0.600. The fourth-order valence-electron chi connectivity index (χ4n) is 3.70. The van der Waals surface area contributed by atoms with Crippen molar-refractivity contribution in [2.45, 2.75) is 50.7 Å². The van der Waals surface area contributed by atoms with Gasteiger partial charge in [-0.3, -0.25) is 4.90 Å². The number of carboxylic acid groups (broad SMARTS) is 1. The zero-order chi connectivity index (χ0) is 22.5. The maximum absolute atomic E-state index is 12.0. The van der Waals surface area contributed by atoms with Gasteiger partial charge in [-0.25, -0.2) is 9.59 Å². The van der Waals surface area contributed by atoms with Crippen LogP contribution < -0.4 is 5.32 Å². The predicted molar refractivity (Wildman–Crippen MR) is 104 cm³/mol. The van der Waals surface area contributed by atoms with Gasteiger partial charge in [0, 0.05) is 39.8 Å². The smallest absolute Gasteiger partial charge is 0.475 e. The minimum absolute atomic E-state index is 0.0414. The van der Waals surface area contributed by atoms with Crippen LogP contribution in [0.5, 0.6) is 0 Å². The summed E-state index contributed by atoms with van der Waals surface area (Å²) in [5.74, 6) is -2.76. The van der Waals surface area contributed by atoms with Crippen molar-refractivity contribution >= 4 is 12.0 Å². The minimum Gasteiger partial charge on any atom is -0.475 e. The van der Waals surface area contributed by atoms with Crippen LogP contribution in [0.15, 0.2) is 24.3 Å². The van der Waals surface area contributed by atoms with Gasteiger partial charge in [0.05, 0.1) is 12.1 Å². The number of carbonyl (C=O) groups is 2. The van der Waals surface area contributed by atoms with Crippen molar-refractivity contribution in [1.82, 2.24) is 15.1 Å². The summed E-state index contributed by atoms with van der Waals surface area (Å²) in [6.07, 6.45) is -2.73. The van der Waals surface area contributed by atoms with Crippen LogP contribution in [0.2, 0.25) is 0 Å². The molecule has 0 unspecified atom stereocenters. The molecule has 3 rings (SSSR count). The maximum atomic E-state index is 12.0. The van der Waals surface area contributed by atoms with E-state index < -0.39 is 12.1 Å². The predicted octanol–water partition coefficient (Wildman–Crippen LogP) is 2.63. The first kappa shape index (κ1) is 23.9. The molecule has 2 fully saturated rings. The average Bonchev–Trinajstić information content (AvgIpc) is 2.99. The van der Waals surface area contributed by atoms with Gasteiger partial charge in [0.1, 0.15) is 0 Å². The molecule has 2 aliphatic heterocycles. The van der Waals surface area contributed by atoms with Gasteiger partial charge in [-0.15, -0.1) is 0 Å². The molecule has 0 spiro atoms. The Morgan fingerprint density at radius 3 is 2.57 bits per heavy atom. The molecule has 2 heterocycles. The molecule has 2 saturated heterocycles. The average molecular weight is 431 g/mol. The number of carbonyl (C=O) groups excluding carboxylic acids is 1. The Morgan fingerprint density at radius 1 is 1.33 bits per heavy atom. The van der Waals surface area contributed by atoms with Crippen molar-refractivity contribution < 1.29 is 32.6 Å². The highest BCUT2D eigenvalue weighted by molar-refractivity contribution is 5.74. The molecule has 1 aromatic carbocycles. The lowest BCUT2D eigenvalue weighted by molar-refractivity contribution is -0.192. The Bertz CT molecular complexity index is 742. The third kappa shape index (κ3) is 6.60. The lowest BCUT2D eigenvalue weighted by Crippen LogP contribution is -2.50. The summed E-state index contributed by atoms with van der Waals surface area (Å²) >= 11 is 0. The molecule has 3 atom stereocenters. The van der Waals surface area contributed by atoms with Crippen LogP contribution >= 0.6 is 0 Å². The van der Waals surface area contributed by atoms with E-state index in [-0.39, 0.29) is 18.2 Å². The third-order valence-corrected chi connectivity index (χ3v) is 5.06. The lowest BCUT2D eigenvalue weighted by Gasteiger charge is -2.32. The van der Waals surface area contributed by atoms with Gasteiger partial charge in [0.25, 0.3) is 0 Å². The number of benzene rings is 1. The van der Waals surface area contributed by atoms with Gasteiger partial charge < -0.3 is 20.1 Å². The number of hydrogen-bond acceptors (Lipinski definition) is 4. The summed E-state index contributed by atoms with van der Waals surface area (Å²) in [6, 6.07) is 9.08. The van der Waals surface area contributed by atoms with Gasteiger partial charge in [-0.2, -0.15) is 13.2 Å². The molecule has 0 aliphatic carbocycles. The third-order valence-electron chi connectivity index (χ3n) is 5.06. The molecular formula is C20H28F3N3O4. The van der Waals surface area contributed by atoms with Crippen LogP contribution in [0, 0.1) is 6.92 Å². The van der Waals surface area contributed by atoms with E-state index in [1.807, 2.05) is 0 Å². The van der Waals surface area contributed by atoms with Gasteiger partial charge in [-0.05, 0) is 25.3 Å². The number of fused-ring (bicyclic) bond motifs is 1. The fourth-order valence-corrected chi connectivity index (χ4v) is 3.70. The van der Waals surface area contributed by atoms with E-state index in [9.17, 15) is 18.0 Å². The van der Waals surface area contributed by atoms with Crippen LogP contribution in [0.25, 0.3) is 0 Å². The van der Waals surface area contributed by atoms with Gasteiger partial charge in [-0.1, -0.05) is 29.8 Å². The van der Waals surface area contributed by atoms with Crippen molar-refractivity contribution in [3.63, 3.8) is 0 Å². The van der Waals surface area contributed by atoms with Crippen molar-refractivity contribution in [1.29, 1.82) is 0 Å². The van der Waals surface area contributed by atoms with Gasteiger partial charge in [0.15, 0.2) is 0 Å². The standard InChI is InChI=1S/C18H27N3O2.C2HF3O2/c1-13-6-4-7-14(10-13)11-21-12-15(19-18(22)20(2)3)17-16(21)8-5-9-23-17;3-2(4,5)1(6)7/h4,6-7,10,15-17H,5,8-9,11-12H2,1-3H3,(H,19,22);(H,6,7)/t15-,16-,17-;/m1./s1. The largest absolute Gasteiger partial charge is 0.490 e. The number of urea groups is 1. The number of likely N-dealkylation sites (tertiary alicyclic amines) is 1. The van der Waals surface area contributed by atoms with E-state index in [0.717, 1.165) is 32.5 Å². The Kier molecular flexibility index (Phi) is 8.08. The van der Waals surface area contributed by atoms with Gasteiger partial charge >= 0.3 is 18.2 Å². The molecule has 1 aromatic rings. The van der Waals surface area contributed by atoms with Crippen molar-refractivity contribution in [2.24, 2.45) is 0 Å². The molecule has 2 N–H and O–H groups in total. The summed E-state index contributed by atoms with van der Waals surface area (Å²) in [7, 11) is 3.54. The topological polar surface area (TPSA) is 82.1 Å². The Morgan fingerprint density at radius 2 is 2.00 bits per heavy atom. The first-order valence-corrected chi connectivity index (χ1v) is 9.68. The highest BCUT2D eigenvalue weighted by Crippen LogP contribution is 2.30. The summed E-state index contributed by atoms with van der Waals surface area (Å²) in [6.45, 7) is 4.69.